The molecule has 0 saturated heterocycles. The molecule has 1 aliphatic heterocycles. The minimum absolute atomic E-state index is 0.200. The molecule has 5 N–H and O–H groups in total. The Morgan fingerprint density at radius 3 is 2.91 bits per heavy atom. The van der Waals surface area contributed by atoms with E-state index >= 15 is 0 Å². The first-order valence-electron chi connectivity index (χ1n) is 10.7. The van der Waals surface area contributed by atoms with Crippen molar-refractivity contribution in [2.24, 2.45) is 4.99 Å². The molecule has 33 heavy (non-hydrogen) atoms. The number of pyridine rings is 1. The number of anilines is 1. The van der Waals surface area contributed by atoms with Crippen LogP contribution in [-0.2, 0) is 0 Å². The van der Waals surface area contributed by atoms with Gasteiger partial charge in [0.1, 0.15) is 17.2 Å². The van der Waals surface area contributed by atoms with E-state index in [1.165, 1.54) is 0 Å². The molecule has 1 atom stereocenters. The fourth-order valence-electron chi connectivity index (χ4n) is 4.04. The van der Waals surface area contributed by atoms with Crippen molar-refractivity contribution < 1.29 is 5.11 Å². The van der Waals surface area contributed by atoms with Gasteiger partial charge in [0.2, 0.25) is 0 Å². The molecule has 0 radical (unpaired) electrons. The number of nitrogens with zero attached hydrogens (tertiary/aromatic N) is 2. The molecule has 1 aliphatic rings. The highest BCUT2D eigenvalue weighted by atomic mass is 35.5. The van der Waals surface area contributed by atoms with Gasteiger partial charge in [0.25, 0.3) is 5.56 Å². The van der Waals surface area contributed by atoms with Crippen LogP contribution in [0.2, 0.25) is 5.02 Å². The van der Waals surface area contributed by atoms with E-state index in [9.17, 15) is 9.90 Å². The molecule has 8 nitrogen and oxygen atoms in total. The lowest BCUT2D eigenvalue weighted by Crippen LogP contribution is -2.19. The number of rotatable bonds is 6. The van der Waals surface area contributed by atoms with Crippen LogP contribution in [0.4, 0.5) is 5.69 Å². The number of aryl methyl sites for hydroxylation is 1. The van der Waals surface area contributed by atoms with Crippen LogP contribution in [0.3, 0.4) is 0 Å². The van der Waals surface area contributed by atoms with Crippen molar-refractivity contribution in [1.29, 1.82) is 0 Å². The molecular weight excluding hydrogens is 440 g/mol. The van der Waals surface area contributed by atoms with Gasteiger partial charge in [0.15, 0.2) is 0 Å². The van der Waals surface area contributed by atoms with Crippen LogP contribution in [0.15, 0.2) is 58.4 Å². The molecule has 2 aromatic heterocycles. The van der Waals surface area contributed by atoms with E-state index in [4.69, 9.17) is 16.6 Å². The Labute approximate surface area is 194 Å². The number of benzene rings is 2. The Morgan fingerprint density at radius 2 is 2.12 bits per heavy atom. The van der Waals surface area contributed by atoms with E-state index in [1.807, 2.05) is 19.1 Å². The van der Waals surface area contributed by atoms with Crippen molar-refractivity contribution >= 4 is 34.2 Å². The van der Waals surface area contributed by atoms with Gasteiger partial charge in [0, 0.05) is 29.9 Å². The summed E-state index contributed by atoms with van der Waals surface area (Å²) in [7, 11) is 0. The Bertz CT molecular complexity index is 1420. The van der Waals surface area contributed by atoms with Crippen LogP contribution in [0, 0.1) is 6.92 Å². The monoisotopic (exact) mass is 462 g/mol. The Kier molecular flexibility index (Phi) is 5.62. The van der Waals surface area contributed by atoms with Crippen LogP contribution in [0.5, 0.6) is 0 Å². The zero-order chi connectivity index (χ0) is 22.9. The number of halogens is 1. The van der Waals surface area contributed by atoms with Crippen molar-refractivity contribution in [2.75, 3.05) is 25.0 Å². The van der Waals surface area contributed by atoms with Crippen LogP contribution in [-0.4, -0.2) is 45.5 Å². The Hall–Kier alpha value is -3.62. The topological polar surface area (TPSA) is 118 Å². The average Bonchev–Trinajstić information content (AvgIpc) is 3.48. The molecule has 0 aliphatic carbocycles. The van der Waals surface area contributed by atoms with E-state index < -0.39 is 6.10 Å². The Morgan fingerprint density at radius 1 is 1.24 bits per heavy atom. The highest BCUT2D eigenvalue weighted by Gasteiger charge is 2.18. The normalized spacial score (nSPS) is 14.2. The van der Waals surface area contributed by atoms with Crippen LogP contribution in [0.1, 0.15) is 22.8 Å². The predicted molar refractivity (Wildman–Crippen MR) is 131 cm³/mol. The molecular formula is C24H23ClN6O2. The number of aliphatic hydroxyl groups excluding tert-OH is 1. The number of aliphatic hydroxyl groups is 1. The summed E-state index contributed by atoms with van der Waals surface area (Å²) < 4.78 is 0. The minimum atomic E-state index is -0.795. The number of amidine groups is 1. The van der Waals surface area contributed by atoms with Crippen molar-refractivity contribution in [1.82, 2.24) is 20.3 Å². The number of hydrogen-bond acceptors (Lipinski definition) is 6. The summed E-state index contributed by atoms with van der Waals surface area (Å²) in [6.07, 6.45) is 0.770. The highest BCUT2D eigenvalue weighted by molar-refractivity contribution is 6.30. The molecule has 0 bridgehead atoms. The number of H-pyrrole nitrogens is 2. The van der Waals surface area contributed by atoms with Crippen molar-refractivity contribution in [2.45, 2.75) is 13.0 Å². The maximum absolute atomic E-state index is 12.8. The first-order chi connectivity index (χ1) is 16.0. The Balaban J connectivity index is 1.48. The van der Waals surface area contributed by atoms with Gasteiger partial charge in [0.05, 0.1) is 29.4 Å². The lowest BCUT2D eigenvalue weighted by molar-refractivity contribution is 0.191. The number of hydrogen-bond donors (Lipinski definition) is 5. The zero-order valence-electron chi connectivity index (χ0n) is 17.9. The van der Waals surface area contributed by atoms with Crippen molar-refractivity contribution in [3.63, 3.8) is 0 Å². The van der Waals surface area contributed by atoms with Gasteiger partial charge in [-0.15, -0.1) is 0 Å². The summed E-state index contributed by atoms with van der Waals surface area (Å²) in [4.78, 5) is 28.0. The van der Waals surface area contributed by atoms with Crippen LogP contribution in [0.25, 0.3) is 22.4 Å². The lowest BCUT2D eigenvalue weighted by Gasteiger charge is -2.15. The SMILES string of the molecule is Cc1cc(C2=NCCN2)cc2[nH]c(-c3c(NCC(O)c4cccc(Cl)c4)cc[nH]c3=O)nc12. The predicted octanol–water partition coefficient (Wildman–Crippen LogP) is 3.38. The first kappa shape index (κ1) is 21.2. The number of nitrogens with one attached hydrogen (secondary N) is 4. The van der Waals surface area contributed by atoms with Gasteiger partial charge in [-0.2, -0.15) is 0 Å². The number of aromatic amines is 2. The molecule has 0 saturated carbocycles. The van der Waals surface area contributed by atoms with Gasteiger partial charge < -0.3 is 25.7 Å². The molecule has 0 spiro atoms. The van der Waals surface area contributed by atoms with Gasteiger partial charge in [-0.25, -0.2) is 4.98 Å². The van der Waals surface area contributed by atoms with Crippen LogP contribution >= 0.6 is 11.6 Å². The summed E-state index contributed by atoms with van der Waals surface area (Å²) >= 11 is 6.04. The second-order valence-electron chi connectivity index (χ2n) is 7.98. The molecule has 0 fully saturated rings. The maximum Gasteiger partial charge on any atom is 0.261 e. The quantitative estimate of drug-likeness (QED) is 0.301. The molecule has 1 unspecified atom stereocenters. The van der Waals surface area contributed by atoms with E-state index in [-0.39, 0.29) is 12.1 Å². The summed E-state index contributed by atoms with van der Waals surface area (Å²) in [5.74, 6) is 1.32. The van der Waals surface area contributed by atoms with Gasteiger partial charge in [-0.1, -0.05) is 23.7 Å². The van der Waals surface area contributed by atoms with E-state index in [2.05, 4.69) is 25.6 Å². The smallest absolute Gasteiger partial charge is 0.261 e. The molecule has 3 heterocycles. The number of aliphatic imine (C=N–C) groups is 1. The minimum Gasteiger partial charge on any atom is -0.387 e. The number of fused-ring (bicyclic) bond motifs is 1. The third-order valence-corrected chi connectivity index (χ3v) is 5.88. The van der Waals surface area contributed by atoms with Crippen LogP contribution < -0.4 is 16.2 Å². The molecule has 168 valence electrons. The average molecular weight is 463 g/mol. The molecule has 9 heteroatoms. The van der Waals surface area contributed by atoms with Crippen molar-refractivity contribution in [3.8, 4) is 11.4 Å². The van der Waals surface area contributed by atoms with Crippen molar-refractivity contribution in [3.05, 3.63) is 80.7 Å². The van der Waals surface area contributed by atoms with Gasteiger partial charge >= 0.3 is 0 Å². The zero-order valence-corrected chi connectivity index (χ0v) is 18.7. The standard InChI is InChI=1S/C24H23ClN6O2/c1-13-9-15(22-26-7-8-27-22)11-18-21(13)31-23(30-18)20-17(5-6-28-24(20)33)29-12-19(32)14-3-2-4-16(25)10-14/h2-6,9-11,19,32H,7-8,12H2,1H3,(H,26,27)(H,30,31)(H2,28,29,33). The third-order valence-electron chi connectivity index (χ3n) is 5.64. The summed E-state index contributed by atoms with van der Waals surface area (Å²) in [6, 6.07) is 12.9. The maximum atomic E-state index is 12.8. The third kappa shape index (κ3) is 4.22. The number of imidazole rings is 1. The summed E-state index contributed by atoms with van der Waals surface area (Å²) in [5, 5.41) is 17.6. The molecule has 0 amide bonds. The summed E-state index contributed by atoms with van der Waals surface area (Å²) in [6.45, 7) is 3.78. The van der Waals surface area contributed by atoms with E-state index in [0.29, 0.717) is 27.7 Å². The van der Waals surface area contributed by atoms with Gasteiger partial charge in [-0.3, -0.25) is 9.79 Å². The second kappa shape index (κ2) is 8.73. The number of aromatic nitrogens is 3. The van der Waals surface area contributed by atoms with Gasteiger partial charge in [-0.05, 0) is 48.4 Å². The molecule has 2 aromatic carbocycles. The summed E-state index contributed by atoms with van der Waals surface area (Å²) in [5.41, 5.74) is 4.94. The fourth-order valence-corrected chi connectivity index (χ4v) is 4.23. The highest BCUT2D eigenvalue weighted by Crippen LogP contribution is 2.27. The second-order valence-corrected chi connectivity index (χ2v) is 8.42. The van der Waals surface area contributed by atoms with E-state index in [1.54, 1.807) is 36.5 Å². The van der Waals surface area contributed by atoms with E-state index in [0.717, 1.165) is 41.1 Å². The fraction of sp³-hybridized carbons (Fsp3) is 0.208. The molecule has 4 aromatic rings. The largest absolute Gasteiger partial charge is 0.387 e. The lowest BCUT2D eigenvalue weighted by atomic mass is 10.1. The molecule has 5 rings (SSSR count). The first-order valence-corrected chi connectivity index (χ1v) is 11.1.